The number of nitrogens with one attached hydrogen (secondary N) is 2. The zero-order chi connectivity index (χ0) is 19.7. The summed E-state index contributed by atoms with van der Waals surface area (Å²) in [5, 5.41) is 17.2. The van der Waals surface area contributed by atoms with Crippen molar-refractivity contribution in [3.63, 3.8) is 0 Å². The Hall–Kier alpha value is -3.26. The molecular formula is C20H19FN4O3. The summed E-state index contributed by atoms with van der Waals surface area (Å²) >= 11 is 0. The van der Waals surface area contributed by atoms with Crippen molar-refractivity contribution < 1.29 is 18.8 Å². The average molecular weight is 382 g/mol. The van der Waals surface area contributed by atoms with Gasteiger partial charge in [0, 0.05) is 34.2 Å². The number of rotatable bonds is 5. The molecule has 0 radical (unpaired) electrons. The molecule has 3 atom stereocenters. The van der Waals surface area contributed by atoms with Gasteiger partial charge in [0.15, 0.2) is 0 Å². The first-order valence-electron chi connectivity index (χ1n) is 8.92. The van der Waals surface area contributed by atoms with E-state index in [1.165, 1.54) is 12.2 Å². The van der Waals surface area contributed by atoms with Gasteiger partial charge in [0.05, 0.1) is 6.61 Å². The first-order chi connectivity index (χ1) is 13.6. The molecule has 2 unspecified atom stereocenters. The smallest absolute Gasteiger partial charge is 0.251 e. The summed E-state index contributed by atoms with van der Waals surface area (Å²) in [5.41, 5.74) is 2.03. The number of aliphatic hydroxyl groups excluding tert-OH is 1. The minimum atomic E-state index is -1.11. The van der Waals surface area contributed by atoms with Crippen LogP contribution in [0.2, 0.25) is 0 Å². The molecule has 0 bridgehead atoms. The van der Waals surface area contributed by atoms with Gasteiger partial charge in [-0.25, -0.2) is 4.39 Å². The number of H-pyrrole nitrogens is 1. The van der Waals surface area contributed by atoms with E-state index < -0.39 is 30.6 Å². The summed E-state index contributed by atoms with van der Waals surface area (Å²) in [6.07, 6.45) is 4.99. The summed E-state index contributed by atoms with van der Waals surface area (Å²) in [4.78, 5) is 19.9. The second kappa shape index (κ2) is 7.40. The van der Waals surface area contributed by atoms with Gasteiger partial charge in [-0.2, -0.15) is 4.98 Å². The molecular weight excluding hydrogens is 363 g/mol. The molecule has 0 saturated heterocycles. The minimum Gasteiger partial charge on any atom is -0.394 e. The Morgan fingerprint density at radius 1 is 1.43 bits per heavy atom. The van der Waals surface area contributed by atoms with Gasteiger partial charge < -0.3 is 19.9 Å². The number of carbonyl (C=O) groups is 1. The van der Waals surface area contributed by atoms with Gasteiger partial charge in [0.25, 0.3) is 11.8 Å². The molecule has 1 amide bonds. The Bertz CT molecular complexity index is 1070. The fourth-order valence-corrected chi connectivity index (χ4v) is 3.12. The molecule has 0 spiro atoms. The molecule has 0 saturated carbocycles. The number of aromatic amines is 1. The number of fused-ring (bicyclic) bond motifs is 1. The van der Waals surface area contributed by atoms with Crippen LogP contribution in [0.1, 0.15) is 18.9 Å². The van der Waals surface area contributed by atoms with Crippen LogP contribution in [-0.2, 0) is 4.79 Å². The van der Waals surface area contributed by atoms with E-state index in [1.807, 2.05) is 24.3 Å². The molecule has 1 aliphatic carbocycles. The third kappa shape index (κ3) is 3.34. The number of nitrogens with zero attached hydrogens (tertiary/aromatic N) is 2. The largest absolute Gasteiger partial charge is 0.394 e. The lowest BCUT2D eigenvalue weighted by Crippen LogP contribution is -2.32. The molecule has 4 rings (SSSR count). The quantitative estimate of drug-likeness (QED) is 0.629. The van der Waals surface area contributed by atoms with Crippen molar-refractivity contribution in [2.75, 3.05) is 6.61 Å². The van der Waals surface area contributed by atoms with Crippen LogP contribution in [0.25, 0.3) is 22.3 Å². The lowest BCUT2D eigenvalue weighted by atomic mass is 9.96. The number of amides is 1. The standard InChI is InChI=1S/C20H19FN4O3/c1-11-8-12(6-7-15(11)21)19(27)23-17(10-26)20-24-18(25-28-20)14-9-22-16-5-3-2-4-13(14)16/h2-9,11,15,17,22,26H,10H2,1H3,(H,23,27)/t11?,15?,17-/m0/s1. The number of halogens is 1. The molecule has 0 fully saturated rings. The average Bonchev–Trinajstić information content (AvgIpc) is 3.34. The number of aromatic nitrogens is 3. The SMILES string of the molecule is CC1C=C(C(=O)N[C@@H](CO)c2nc(-c3c[nH]c4ccccc34)no2)C=CC1F. The normalized spacial score (nSPS) is 20.2. The molecule has 3 N–H and O–H groups in total. The number of benzene rings is 1. The van der Waals surface area contributed by atoms with Crippen molar-refractivity contribution in [3.8, 4) is 11.4 Å². The highest BCUT2D eigenvalue weighted by molar-refractivity contribution is 5.96. The van der Waals surface area contributed by atoms with E-state index in [2.05, 4.69) is 20.4 Å². The van der Waals surface area contributed by atoms with Crippen molar-refractivity contribution >= 4 is 16.8 Å². The Morgan fingerprint density at radius 2 is 2.25 bits per heavy atom. The van der Waals surface area contributed by atoms with Crippen molar-refractivity contribution in [1.82, 2.24) is 20.4 Å². The molecule has 3 aromatic rings. The van der Waals surface area contributed by atoms with Gasteiger partial charge in [-0.05, 0) is 12.1 Å². The van der Waals surface area contributed by atoms with Gasteiger partial charge >= 0.3 is 0 Å². The molecule has 1 aliphatic rings. The fraction of sp³-hybridized carbons (Fsp3) is 0.250. The Kier molecular flexibility index (Phi) is 4.79. The second-order valence-corrected chi connectivity index (χ2v) is 6.70. The monoisotopic (exact) mass is 382 g/mol. The van der Waals surface area contributed by atoms with Crippen molar-refractivity contribution in [2.24, 2.45) is 5.92 Å². The maximum atomic E-state index is 13.5. The van der Waals surface area contributed by atoms with Crippen molar-refractivity contribution in [1.29, 1.82) is 0 Å². The number of aliphatic hydroxyl groups is 1. The van der Waals surface area contributed by atoms with Crippen LogP contribution in [-0.4, -0.2) is 38.9 Å². The summed E-state index contributed by atoms with van der Waals surface area (Å²) in [6, 6.07) is 6.83. The summed E-state index contributed by atoms with van der Waals surface area (Å²) in [6.45, 7) is 1.27. The molecule has 1 aromatic carbocycles. The fourth-order valence-electron chi connectivity index (χ4n) is 3.12. The number of para-hydroxylation sites is 1. The van der Waals surface area contributed by atoms with E-state index in [0.29, 0.717) is 11.4 Å². The van der Waals surface area contributed by atoms with Gasteiger partial charge in [-0.15, -0.1) is 0 Å². The van der Waals surface area contributed by atoms with E-state index in [0.717, 1.165) is 16.5 Å². The first kappa shape index (κ1) is 18.1. The molecule has 28 heavy (non-hydrogen) atoms. The molecule has 0 aliphatic heterocycles. The summed E-state index contributed by atoms with van der Waals surface area (Å²) < 4.78 is 18.8. The highest BCUT2D eigenvalue weighted by atomic mass is 19.1. The van der Waals surface area contributed by atoms with Crippen LogP contribution in [0, 0.1) is 5.92 Å². The predicted molar refractivity (Wildman–Crippen MR) is 101 cm³/mol. The molecule has 8 heteroatoms. The summed E-state index contributed by atoms with van der Waals surface area (Å²) in [7, 11) is 0. The predicted octanol–water partition coefficient (Wildman–Crippen LogP) is 2.84. The van der Waals surface area contributed by atoms with E-state index in [9.17, 15) is 14.3 Å². The molecule has 2 aromatic heterocycles. The number of hydrogen-bond donors (Lipinski definition) is 3. The van der Waals surface area contributed by atoms with Crippen LogP contribution in [0.4, 0.5) is 4.39 Å². The minimum absolute atomic E-state index is 0.0907. The molecule has 7 nitrogen and oxygen atoms in total. The van der Waals surface area contributed by atoms with E-state index in [-0.39, 0.29) is 5.89 Å². The number of carbonyl (C=O) groups excluding carboxylic acids is 1. The lowest BCUT2D eigenvalue weighted by Gasteiger charge is -2.18. The maximum absolute atomic E-state index is 13.5. The Balaban J connectivity index is 1.54. The Morgan fingerprint density at radius 3 is 3.04 bits per heavy atom. The lowest BCUT2D eigenvalue weighted by molar-refractivity contribution is -0.118. The maximum Gasteiger partial charge on any atom is 0.251 e. The third-order valence-corrected chi connectivity index (χ3v) is 4.72. The van der Waals surface area contributed by atoms with Crippen molar-refractivity contribution in [3.05, 3.63) is 60.2 Å². The molecule has 144 valence electrons. The van der Waals surface area contributed by atoms with Gasteiger partial charge in [0.1, 0.15) is 12.2 Å². The van der Waals surface area contributed by atoms with Crippen LogP contribution in [0.3, 0.4) is 0 Å². The topological polar surface area (TPSA) is 104 Å². The van der Waals surface area contributed by atoms with E-state index in [4.69, 9.17) is 4.52 Å². The highest BCUT2D eigenvalue weighted by Crippen LogP contribution is 2.27. The van der Waals surface area contributed by atoms with Crippen LogP contribution < -0.4 is 5.32 Å². The van der Waals surface area contributed by atoms with Gasteiger partial charge in [-0.3, -0.25) is 4.79 Å². The van der Waals surface area contributed by atoms with E-state index in [1.54, 1.807) is 19.2 Å². The first-order valence-corrected chi connectivity index (χ1v) is 8.92. The number of allylic oxidation sites excluding steroid dienone is 2. The number of hydrogen-bond acceptors (Lipinski definition) is 5. The number of alkyl halides is 1. The highest BCUT2D eigenvalue weighted by Gasteiger charge is 2.25. The third-order valence-electron chi connectivity index (χ3n) is 4.72. The van der Waals surface area contributed by atoms with Crippen LogP contribution >= 0.6 is 0 Å². The van der Waals surface area contributed by atoms with Crippen molar-refractivity contribution in [2.45, 2.75) is 19.1 Å². The zero-order valence-corrected chi connectivity index (χ0v) is 15.1. The van der Waals surface area contributed by atoms with E-state index >= 15 is 0 Å². The van der Waals surface area contributed by atoms with Crippen LogP contribution in [0.15, 0.2) is 58.8 Å². The Labute approximate surface area is 159 Å². The zero-order valence-electron chi connectivity index (χ0n) is 15.1. The van der Waals surface area contributed by atoms with Crippen LogP contribution in [0.5, 0.6) is 0 Å². The van der Waals surface area contributed by atoms with Gasteiger partial charge in [0.2, 0.25) is 5.82 Å². The molecule has 2 heterocycles. The second-order valence-electron chi connectivity index (χ2n) is 6.70. The summed E-state index contributed by atoms with van der Waals surface area (Å²) in [5.74, 6) is -0.394. The van der Waals surface area contributed by atoms with Gasteiger partial charge in [-0.1, -0.05) is 42.4 Å².